The molecule has 0 bridgehead atoms. The van der Waals surface area contributed by atoms with Gasteiger partial charge < -0.3 is 30.9 Å². The number of aromatic hydroxyl groups is 1. The fraction of sp³-hybridized carbons (Fsp3) is 0.444. The lowest BCUT2D eigenvalue weighted by molar-refractivity contribution is 0.0300. The first kappa shape index (κ1) is 15.3. The van der Waals surface area contributed by atoms with E-state index in [2.05, 4.69) is 29.2 Å². The van der Waals surface area contributed by atoms with E-state index in [1.165, 1.54) is 0 Å². The number of fused-ring (bicyclic) bond motifs is 1. The molecule has 4 atom stereocenters. The Bertz CT molecular complexity index is 529. The summed E-state index contributed by atoms with van der Waals surface area (Å²) in [4.78, 5) is 11.5. The van der Waals surface area contributed by atoms with Crippen molar-refractivity contribution < 1.29 is 19.8 Å². The number of rotatable bonds is 5. The predicted molar refractivity (Wildman–Crippen MR) is 79.7 cm³/mol. The van der Waals surface area contributed by atoms with E-state index in [9.17, 15) is 15.3 Å². The van der Waals surface area contributed by atoms with Gasteiger partial charge in [-0.2, -0.15) is 9.97 Å². The Kier molecular flexibility index (Phi) is 5.01. The highest BCUT2D eigenvalue weighted by molar-refractivity contribution is 8.00. The van der Waals surface area contributed by atoms with E-state index >= 15 is 0 Å². The lowest BCUT2D eigenvalue weighted by Crippen LogP contribution is -2.40. The number of nitrogens with one attached hydrogen (secondary N) is 1. The minimum atomic E-state index is -1.21. The molecule has 0 saturated carbocycles. The summed E-state index contributed by atoms with van der Waals surface area (Å²) in [6, 6.07) is 0. The van der Waals surface area contributed by atoms with E-state index in [1.807, 2.05) is 0 Å². The topological polar surface area (TPSA) is 146 Å². The third kappa shape index (κ3) is 3.31. The molecule has 110 valence electrons. The van der Waals surface area contributed by atoms with Gasteiger partial charge >= 0.3 is 0 Å². The highest BCUT2D eigenvalue weighted by Gasteiger charge is 2.27. The molecule has 0 fully saturated rings. The molecule has 11 heteroatoms. The van der Waals surface area contributed by atoms with E-state index in [-0.39, 0.29) is 50.7 Å². The summed E-state index contributed by atoms with van der Waals surface area (Å²) in [5.74, 6) is -0.187. The largest absolute Gasteiger partial charge is 0.492 e. The molecule has 0 radical (unpaired) electrons. The smallest absolute Gasteiger partial charge is 0.244 e. The Labute approximate surface area is 118 Å². The number of aliphatic imine (C=N–C) groups is 1. The molecule has 1 aliphatic heterocycles. The van der Waals surface area contributed by atoms with Crippen LogP contribution in [0.5, 0.6) is 5.88 Å². The van der Waals surface area contributed by atoms with Crippen LogP contribution in [0.15, 0.2) is 4.99 Å². The van der Waals surface area contributed by atoms with Gasteiger partial charge in [-0.05, 0) is 0 Å². The van der Waals surface area contributed by atoms with Gasteiger partial charge in [-0.15, -0.1) is 0 Å². The number of nitrogens with zero attached hydrogens (tertiary/aromatic N) is 3. The number of aliphatic hydroxyl groups is 2. The number of nitrogens with two attached hydrogens (primary N) is 1. The van der Waals surface area contributed by atoms with Crippen LogP contribution in [0.1, 0.15) is 0 Å². The van der Waals surface area contributed by atoms with Crippen LogP contribution in [0.4, 0.5) is 17.5 Å². The number of aliphatic hydroxyl groups excluding tert-OH is 2. The lowest BCUT2D eigenvalue weighted by atomic mass is 10.1. The van der Waals surface area contributed by atoms with Gasteiger partial charge in [0.05, 0.1) is 18.9 Å². The first-order chi connectivity index (χ1) is 9.52. The van der Waals surface area contributed by atoms with Gasteiger partial charge in [0.25, 0.3) is 0 Å². The monoisotopic (exact) mass is 319 g/mol. The Morgan fingerprint density at radius 2 is 2.20 bits per heavy atom. The van der Waals surface area contributed by atoms with Crippen LogP contribution in [0.25, 0.3) is 0 Å². The SMILES string of the molecule is Nc1nc(O)c2c(n1)NCC(C(O)C(O)COPP)=N2. The molecule has 1 aromatic rings. The van der Waals surface area contributed by atoms with Gasteiger partial charge in [-0.1, -0.05) is 8.93 Å². The molecule has 20 heavy (non-hydrogen) atoms. The van der Waals surface area contributed by atoms with Crippen molar-refractivity contribution >= 4 is 40.6 Å². The minimum Gasteiger partial charge on any atom is -0.492 e. The zero-order valence-electron chi connectivity index (χ0n) is 10.3. The maximum atomic E-state index is 9.99. The van der Waals surface area contributed by atoms with Gasteiger partial charge in [0.1, 0.15) is 12.2 Å². The maximum absolute atomic E-state index is 9.99. The van der Waals surface area contributed by atoms with Gasteiger partial charge in [-0.3, -0.25) is 0 Å². The Morgan fingerprint density at radius 3 is 2.90 bits per heavy atom. The quantitative estimate of drug-likeness (QED) is 0.451. The van der Waals surface area contributed by atoms with Crippen molar-refractivity contribution in [1.82, 2.24) is 9.97 Å². The molecule has 2 heterocycles. The van der Waals surface area contributed by atoms with E-state index in [1.54, 1.807) is 0 Å². The second kappa shape index (κ2) is 6.56. The van der Waals surface area contributed by atoms with Crippen molar-refractivity contribution in [2.75, 3.05) is 24.2 Å². The van der Waals surface area contributed by atoms with Crippen molar-refractivity contribution in [3.05, 3.63) is 0 Å². The molecule has 1 aliphatic rings. The van der Waals surface area contributed by atoms with Crippen LogP contribution in [-0.4, -0.2) is 56.4 Å². The number of hydrogen-bond donors (Lipinski definition) is 5. The van der Waals surface area contributed by atoms with Crippen molar-refractivity contribution in [1.29, 1.82) is 0 Å². The Hall–Kier alpha value is -1.11. The fourth-order valence-electron chi connectivity index (χ4n) is 1.66. The number of nitrogen functional groups attached to an aromatic ring is 1. The molecule has 6 N–H and O–H groups in total. The molecule has 0 saturated heterocycles. The van der Waals surface area contributed by atoms with Crippen LogP contribution in [0.3, 0.4) is 0 Å². The predicted octanol–water partition coefficient (Wildman–Crippen LogP) is -0.616. The van der Waals surface area contributed by atoms with Crippen LogP contribution in [-0.2, 0) is 4.52 Å². The minimum absolute atomic E-state index is 0.0147. The Morgan fingerprint density at radius 1 is 1.45 bits per heavy atom. The summed E-state index contributed by atoms with van der Waals surface area (Å²) in [6.45, 7) is 0.156. The van der Waals surface area contributed by atoms with E-state index < -0.39 is 12.2 Å². The molecule has 2 rings (SSSR count). The third-order valence-electron chi connectivity index (χ3n) is 2.62. The molecule has 0 spiro atoms. The second-order valence-electron chi connectivity index (χ2n) is 4.00. The summed E-state index contributed by atoms with van der Waals surface area (Å²) < 4.78 is 5.03. The van der Waals surface area contributed by atoms with Crippen molar-refractivity contribution in [2.45, 2.75) is 12.2 Å². The normalized spacial score (nSPS) is 17.4. The molecular weight excluding hydrogens is 304 g/mol. The summed E-state index contributed by atoms with van der Waals surface area (Å²) >= 11 is 0. The second-order valence-corrected chi connectivity index (χ2v) is 5.23. The molecular formula is C9H15N5O4P2. The first-order valence-electron chi connectivity index (χ1n) is 5.64. The van der Waals surface area contributed by atoms with E-state index in [0.717, 1.165) is 0 Å². The highest BCUT2D eigenvalue weighted by atomic mass is 32.0. The average Bonchev–Trinajstić information content (AvgIpc) is 2.43. The summed E-state index contributed by atoms with van der Waals surface area (Å²) in [6.07, 6.45) is -2.32. The Balaban J connectivity index is 2.20. The molecule has 1 aromatic heterocycles. The van der Waals surface area contributed by atoms with Crippen molar-refractivity contribution in [2.24, 2.45) is 4.99 Å². The molecule has 4 unspecified atom stereocenters. The molecule has 0 aliphatic carbocycles. The van der Waals surface area contributed by atoms with Crippen LogP contribution in [0, 0.1) is 0 Å². The van der Waals surface area contributed by atoms with E-state index in [0.29, 0.717) is 0 Å². The summed E-state index contributed by atoms with van der Waals surface area (Å²) in [7, 11) is 2.51. The van der Waals surface area contributed by atoms with Crippen LogP contribution < -0.4 is 11.1 Å². The lowest BCUT2D eigenvalue weighted by Gasteiger charge is -2.23. The van der Waals surface area contributed by atoms with Gasteiger partial charge in [0.2, 0.25) is 11.8 Å². The van der Waals surface area contributed by atoms with Crippen molar-refractivity contribution in [3.63, 3.8) is 0 Å². The zero-order chi connectivity index (χ0) is 14.7. The number of anilines is 2. The number of aromatic nitrogens is 2. The standard InChI is InChI=1S/C9H15N5O4P2/c10-9-13-7-5(8(17)14-9)12-3(1-11-7)6(16)4(15)2-18-20-19/h4,6,15-16,20H,1-2,19H2,(H4,10,11,13,14,17). The zero-order valence-corrected chi connectivity index (χ0v) is 12.5. The average molecular weight is 319 g/mol. The third-order valence-corrected chi connectivity index (χ3v) is 3.45. The fourth-order valence-corrected chi connectivity index (χ4v) is 2.22. The van der Waals surface area contributed by atoms with E-state index in [4.69, 9.17) is 10.3 Å². The van der Waals surface area contributed by atoms with Gasteiger partial charge in [0.15, 0.2) is 11.5 Å². The summed E-state index contributed by atoms with van der Waals surface area (Å²) in [5.41, 5.74) is 5.74. The van der Waals surface area contributed by atoms with Crippen LogP contribution in [0.2, 0.25) is 0 Å². The molecule has 0 aromatic carbocycles. The first-order valence-corrected chi connectivity index (χ1v) is 8.36. The van der Waals surface area contributed by atoms with Crippen molar-refractivity contribution in [3.8, 4) is 5.88 Å². The summed E-state index contributed by atoms with van der Waals surface area (Å²) in [5, 5.41) is 32.3. The molecule has 0 amide bonds. The highest BCUT2D eigenvalue weighted by Crippen LogP contribution is 2.34. The van der Waals surface area contributed by atoms with Crippen LogP contribution >= 0.6 is 17.4 Å². The maximum Gasteiger partial charge on any atom is 0.244 e. The molecule has 9 nitrogen and oxygen atoms in total. The number of hydrogen-bond acceptors (Lipinski definition) is 9. The van der Waals surface area contributed by atoms with Gasteiger partial charge in [-0.25, -0.2) is 4.99 Å². The van der Waals surface area contributed by atoms with Gasteiger partial charge in [0, 0.05) is 8.50 Å².